The third-order valence-electron chi connectivity index (χ3n) is 5.12. The molecule has 1 aliphatic rings. The van der Waals surface area contributed by atoms with E-state index >= 15 is 0 Å². The van der Waals surface area contributed by atoms with E-state index in [0.717, 1.165) is 25.7 Å². The molecule has 1 amide bonds. The van der Waals surface area contributed by atoms with Crippen LogP contribution < -0.4 is 11.1 Å². The van der Waals surface area contributed by atoms with Gasteiger partial charge in [-0.05, 0) is 70.7 Å². The van der Waals surface area contributed by atoms with E-state index in [9.17, 15) is 4.79 Å². The van der Waals surface area contributed by atoms with E-state index in [1.807, 2.05) is 0 Å². The molecular formula is C20H29N3O. The second-order valence-electron chi connectivity index (χ2n) is 7.28. The van der Waals surface area contributed by atoms with E-state index < -0.39 is 0 Å². The predicted molar refractivity (Wildman–Crippen MR) is 99.3 cm³/mol. The van der Waals surface area contributed by atoms with Gasteiger partial charge in [-0.3, -0.25) is 4.79 Å². The number of amides is 1. The van der Waals surface area contributed by atoms with Crippen LogP contribution >= 0.6 is 0 Å². The van der Waals surface area contributed by atoms with E-state index in [1.54, 1.807) is 0 Å². The van der Waals surface area contributed by atoms with Gasteiger partial charge in [0, 0.05) is 35.1 Å². The molecule has 1 heterocycles. The number of nitrogens with zero attached hydrogens (tertiary/aromatic N) is 1. The molecule has 0 aliphatic heterocycles. The maximum absolute atomic E-state index is 12.5. The maximum Gasteiger partial charge on any atom is 0.223 e. The molecule has 3 N–H and O–H groups in total. The molecule has 3 rings (SSSR count). The van der Waals surface area contributed by atoms with Gasteiger partial charge in [-0.2, -0.15) is 0 Å². The Morgan fingerprint density at radius 2 is 2.21 bits per heavy atom. The number of rotatable bonds is 5. The number of hydrogen-bond acceptors (Lipinski definition) is 2. The van der Waals surface area contributed by atoms with Gasteiger partial charge in [0.1, 0.15) is 0 Å². The van der Waals surface area contributed by atoms with Crippen molar-refractivity contribution in [1.82, 2.24) is 9.88 Å². The summed E-state index contributed by atoms with van der Waals surface area (Å²) in [5.41, 5.74) is 10.9. The number of hydrogen-bond donors (Lipinski definition) is 2. The fourth-order valence-electron chi connectivity index (χ4n) is 3.98. The van der Waals surface area contributed by atoms with Crippen molar-refractivity contribution in [2.24, 2.45) is 11.7 Å². The Labute approximate surface area is 144 Å². The minimum Gasteiger partial charge on any atom is -0.356 e. The van der Waals surface area contributed by atoms with Crippen LogP contribution in [-0.2, 0) is 17.6 Å². The van der Waals surface area contributed by atoms with Gasteiger partial charge in [0.05, 0.1) is 0 Å². The van der Waals surface area contributed by atoms with Crippen LogP contribution in [0, 0.1) is 12.8 Å². The first kappa shape index (κ1) is 17.0. The highest BCUT2D eigenvalue weighted by atomic mass is 16.1. The molecule has 0 saturated heterocycles. The van der Waals surface area contributed by atoms with Crippen molar-refractivity contribution in [3.63, 3.8) is 0 Å². The van der Waals surface area contributed by atoms with Gasteiger partial charge in [0.15, 0.2) is 0 Å². The Hall–Kier alpha value is -1.81. The zero-order valence-corrected chi connectivity index (χ0v) is 15.1. The SMILES string of the molecule is Cc1ccc2c(c1)c1c(n2C(C)C)CCC(C(=O)NCCCN)C1. The molecule has 0 fully saturated rings. The summed E-state index contributed by atoms with van der Waals surface area (Å²) in [5.74, 6) is 0.272. The quantitative estimate of drug-likeness (QED) is 0.829. The Bertz CT molecular complexity index is 745. The van der Waals surface area contributed by atoms with Crippen LogP contribution in [0.25, 0.3) is 10.9 Å². The van der Waals surface area contributed by atoms with Crippen molar-refractivity contribution in [1.29, 1.82) is 0 Å². The van der Waals surface area contributed by atoms with Gasteiger partial charge in [-0.1, -0.05) is 11.6 Å². The van der Waals surface area contributed by atoms with E-state index in [0.29, 0.717) is 19.1 Å². The van der Waals surface area contributed by atoms with Crippen LogP contribution in [0.1, 0.15) is 49.6 Å². The lowest BCUT2D eigenvalue weighted by Crippen LogP contribution is -2.35. The highest BCUT2D eigenvalue weighted by molar-refractivity contribution is 5.88. The van der Waals surface area contributed by atoms with Crippen LogP contribution in [0.5, 0.6) is 0 Å². The highest BCUT2D eigenvalue weighted by Crippen LogP contribution is 2.36. The molecule has 24 heavy (non-hydrogen) atoms. The Balaban J connectivity index is 1.93. The summed E-state index contributed by atoms with van der Waals surface area (Å²) < 4.78 is 2.46. The largest absolute Gasteiger partial charge is 0.356 e. The first-order chi connectivity index (χ1) is 11.5. The number of aryl methyl sites for hydroxylation is 1. The van der Waals surface area contributed by atoms with Gasteiger partial charge in [-0.15, -0.1) is 0 Å². The molecular weight excluding hydrogens is 298 g/mol. The second kappa shape index (κ2) is 6.98. The zero-order valence-electron chi connectivity index (χ0n) is 15.1. The minimum absolute atomic E-state index is 0.0852. The highest BCUT2D eigenvalue weighted by Gasteiger charge is 2.29. The summed E-state index contributed by atoms with van der Waals surface area (Å²) >= 11 is 0. The van der Waals surface area contributed by atoms with Gasteiger partial charge < -0.3 is 15.6 Å². The molecule has 130 valence electrons. The molecule has 1 aromatic heterocycles. The van der Waals surface area contributed by atoms with Crippen LogP contribution in [0.3, 0.4) is 0 Å². The number of benzene rings is 1. The van der Waals surface area contributed by atoms with Crippen LogP contribution in [-0.4, -0.2) is 23.6 Å². The molecule has 1 aromatic carbocycles. The third kappa shape index (κ3) is 3.07. The fourth-order valence-corrected chi connectivity index (χ4v) is 3.98. The summed E-state index contributed by atoms with van der Waals surface area (Å²) in [4.78, 5) is 12.5. The molecule has 0 saturated carbocycles. The first-order valence-corrected chi connectivity index (χ1v) is 9.13. The average Bonchev–Trinajstić information content (AvgIpc) is 2.88. The summed E-state index contributed by atoms with van der Waals surface area (Å²) in [6, 6.07) is 7.14. The summed E-state index contributed by atoms with van der Waals surface area (Å²) in [7, 11) is 0. The number of nitrogens with two attached hydrogens (primary N) is 1. The van der Waals surface area contributed by atoms with Crippen LogP contribution in [0.2, 0.25) is 0 Å². The fraction of sp³-hybridized carbons (Fsp3) is 0.550. The number of fused-ring (bicyclic) bond motifs is 3. The average molecular weight is 327 g/mol. The lowest BCUT2D eigenvalue weighted by atomic mass is 9.85. The van der Waals surface area contributed by atoms with E-state index in [1.165, 1.54) is 27.7 Å². The zero-order chi connectivity index (χ0) is 17.3. The van der Waals surface area contributed by atoms with Gasteiger partial charge in [-0.25, -0.2) is 0 Å². The Kier molecular flexibility index (Phi) is 4.95. The molecule has 0 bridgehead atoms. The Morgan fingerprint density at radius 3 is 2.92 bits per heavy atom. The molecule has 2 aromatic rings. The lowest BCUT2D eigenvalue weighted by Gasteiger charge is -2.24. The van der Waals surface area contributed by atoms with Crippen molar-refractivity contribution in [2.45, 2.75) is 52.5 Å². The molecule has 0 spiro atoms. The standard InChI is InChI=1S/C20H29N3O/c1-13(2)23-18-7-5-14(3)11-16(18)17-12-15(6-8-19(17)23)20(24)22-10-4-9-21/h5,7,11,13,15H,4,6,8-10,12,21H2,1-3H3,(H,22,24). The predicted octanol–water partition coefficient (Wildman–Crippen LogP) is 3.10. The van der Waals surface area contributed by atoms with Crippen molar-refractivity contribution >= 4 is 16.8 Å². The van der Waals surface area contributed by atoms with Gasteiger partial charge >= 0.3 is 0 Å². The van der Waals surface area contributed by atoms with Crippen molar-refractivity contribution in [3.05, 3.63) is 35.0 Å². The molecule has 4 nitrogen and oxygen atoms in total. The monoisotopic (exact) mass is 327 g/mol. The van der Waals surface area contributed by atoms with Crippen molar-refractivity contribution < 1.29 is 4.79 Å². The minimum atomic E-state index is 0.0852. The van der Waals surface area contributed by atoms with Crippen LogP contribution in [0.4, 0.5) is 0 Å². The van der Waals surface area contributed by atoms with Gasteiger partial charge in [0.25, 0.3) is 0 Å². The van der Waals surface area contributed by atoms with E-state index in [4.69, 9.17) is 5.73 Å². The van der Waals surface area contributed by atoms with Crippen LogP contribution in [0.15, 0.2) is 18.2 Å². The van der Waals surface area contributed by atoms with Gasteiger partial charge in [0.2, 0.25) is 5.91 Å². The van der Waals surface area contributed by atoms with E-state index in [-0.39, 0.29) is 11.8 Å². The molecule has 0 radical (unpaired) electrons. The summed E-state index contributed by atoms with van der Waals surface area (Å²) in [6.45, 7) is 7.93. The number of carbonyl (C=O) groups is 1. The molecule has 1 atom stereocenters. The molecule has 1 aliphatic carbocycles. The number of carbonyl (C=O) groups excluding carboxylic acids is 1. The summed E-state index contributed by atoms with van der Waals surface area (Å²) in [6.07, 6.45) is 3.61. The normalized spacial score (nSPS) is 17.3. The second-order valence-corrected chi connectivity index (χ2v) is 7.28. The smallest absolute Gasteiger partial charge is 0.223 e. The molecule has 1 unspecified atom stereocenters. The topological polar surface area (TPSA) is 60.0 Å². The van der Waals surface area contributed by atoms with Crippen molar-refractivity contribution in [2.75, 3.05) is 13.1 Å². The third-order valence-corrected chi connectivity index (χ3v) is 5.12. The lowest BCUT2D eigenvalue weighted by molar-refractivity contribution is -0.125. The Morgan fingerprint density at radius 1 is 1.42 bits per heavy atom. The number of nitrogens with one attached hydrogen (secondary N) is 1. The summed E-state index contributed by atoms with van der Waals surface area (Å²) in [5, 5.41) is 4.38. The first-order valence-electron chi connectivity index (χ1n) is 9.13. The van der Waals surface area contributed by atoms with E-state index in [2.05, 4.69) is 48.9 Å². The maximum atomic E-state index is 12.5. The molecule has 4 heteroatoms. The number of aromatic nitrogens is 1. The van der Waals surface area contributed by atoms with Crippen molar-refractivity contribution in [3.8, 4) is 0 Å².